The molecule has 86 heavy (non-hydrogen) atoms. The fraction of sp³-hybridized carbons (Fsp3) is 0.365. The molecule has 8 aromatic rings. The number of fused-ring (bicyclic) bond motifs is 4. The number of aromatic nitrogens is 4. The van der Waals surface area contributed by atoms with Crippen molar-refractivity contribution in [3.63, 3.8) is 0 Å². The predicted molar refractivity (Wildman–Crippen MR) is 335 cm³/mol. The molecule has 0 spiro atoms. The van der Waals surface area contributed by atoms with Crippen molar-refractivity contribution in [2.24, 2.45) is 0 Å². The molecular formula is C63H68N12O9S2. The Morgan fingerprint density at radius 2 is 1.17 bits per heavy atom. The second-order valence-electron chi connectivity index (χ2n) is 22.1. The number of aryl methyl sites for hydroxylation is 1. The first kappa shape index (κ1) is 58.2. The number of hydrogen-bond donors (Lipinski definition) is 4. The molecule has 0 bridgehead atoms. The highest BCUT2D eigenvalue weighted by Crippen LogP contribution is 2.42. The van der Waals surface area contributed by atoms with Crippen LogP contribution in [0.25, 0.3) is 54.1 Å². The molecule has 0 unspecified atom stereocenters. The molecule has 12 rings (SSSR count). The van der Waals surface area contributed by atoms with Gasteiger partial charge in [0.25, 0.3) is 0 Å². The van der Waals surface area contributed by atoms with Gasteiger partial charge < -0.3 is 29.3 Å². The van der Waals surface area contributed by atoms with Gasteiger partial charge in [-0.2, -0.15) is 0 Å². The van der Waals surface area contributed by atoms with E-state index in [9.17, 15) is 29.4 Å². The van der Waals surface area contributed by atoms with Crippen LogP contribution in [0.2, 0.25) is 0 Å². The number of ether oxygens (including phenoxy) is 3. The number of benzene rings is 4. The highest BCUT2D eigenvalue weighted by atomic mass is 32.1. The zero-order valence-corrected chi connectivity index (χ0v) is 49.8. The Balaban J connectivity index is 0.793. The summed E-state index contributed by atoms with van der Waals surface area (Å²) in [5.74, 6) is -2.03. The van der Waals surface area contributed by atoms with E-state index in [1.165, 1.54) is 22.7 Å². The van der Waals surface area contributed by atoms with Gasteiger partial charge in [0.05, 0.1) is 51.6 Å². The number of aromatic carboxylic acids is 2. The summed E-state index contributed by atoms with van der Waals surface area (Å²) in [6, 6.07) is 29.4. The molecule has 0 saturated carbocycles. The molecule has 0 radical (unpaired) electrons. The number of likely N-dealkylation sites (N-methyl/N-ethyl adjacent to an activating group) is 1. The molecule has 21 nitrogen and oxygen atoms in total. The Labute approximate surface area is 505 Å². The molecule has 4 aromatic heterocycles. The fourth-order valence-corrected chi connectivity index (χ4v) is 13.3. The lowest BCUT2D eigenvalue weighted by atomic mass is 9.89. The first-order chi connectivity index (χ1) is 41.9. The second kappa shape index (κ2) is 26.2. The van der Waals surface area contributed by atoms with Crippen LogP contribution in [-0.4, -0.2) is 193 Å². The quantitative estimate of drug-likeness (QED) is 0.0552. The smallest absolute Gasteiger partial charge is 0.358 e. The van der Waals surface area contributed by atoms with Gasteiger partial charge in [0.2, 0.25) is 0 Å². The molecular weight excluding hydrogens is 1130 g/mol. The van der Waals surface area contributed by atoms with E-state index in [1.807, 2.05) is 72.8 Å². The van der Waals surface area contributed by atoms with Crippen molar-refractivity contribution >= 4 is 88.7 Å². The van der Waals surface area contributed by atoms with E-state index < -0.39 is 11.9 Å². The van der Waals surface area contributed by atoms with Crippen LogP contribution in [0.3, 0.4) is 0 Å². The Bertz CT molecular complexity index is 3790. The van der Waals surface area contributed by atoms with Crippen LogP contribution in [0.15, 0.2) is 97.1 Å². The number of piperazine rings is 1. The number of rotatable bonds is 19. The Kier molecular flexibility index (Phi) is 17.8. The van der Waals surface area contributed by atoms with Gasteiger partial charge in [-0.1, -0.05) is 53.0 Å². The largest absolute Gasteiger partial charge is 0.491 e. The number of thiazole rings is 2. The molecule has 2 fully saturated rings. The van der Waals surface area contributed by atoms with Crippen LogP contribution in [0.5, 0.6) is 11.5 Å². The van der Waals surface area contributed by atoms with E-state index in [4.69, 9.17) is 24.2 Å². The van der Waals surface area contributed by atoms with Gasteiger partial charge in [0.15, 0.2) is 33.1 Å². The number of hydrogen-bond acceptors (Lipinski definition) is 17. The molecule has 0 aliphatic carbocycles. The third kappa shape index (κ3) is 13.3. The zero-order chi connectivity index (χ0) is 59.3. The molecule has 446 valence electrons. The van der Waals surface area contributed by atoms with E-state index in [0.29, 0.717) is 109 Å². The SMILES string of the molecule is CN(C)CCN1CCN(CCOc2ccc(-c3cc(-c4ccc5sc(NC(=O)N6CCCc7ccc(-c8ccc(OCCCN9CCOCC9)c(C(=O)O)n8)cc76)nc5c4)c4c(c3)N(C(=O)Nc3nc5ccccc5s3)CCC4)nc2C(=O)O)CC1. The van der Waals surface area contributed by atoms with Gasteiger partial charge in [0.1, 0.15) is 6.61 Å². The number of carboxylic acids is 2. The van der Waals surface area contributed by atoms with E-state index in [1.54, 1.807) is 34.1 Å². The fourth-order valence-electron chi connectivity index (χ4n) is 11.6. The Hall–Kier alpha value is -8.16. The number of amides is 4. The van der Waals surface area contributed by atoms with Crippen molar-refractivity contribution < 1.29 is 43.6 Å². The molecule has 23 heteroatoms. The van der Waals surface area contributed by atoms with Crippen LogP contribution in [0, 0.1) is 0 Å². The van der Waals surface area contributed by atoms with E-state index in [2.05, 4.69) is 54.3 Å². The number of carbonyl (C=O) groups excluding carboxylic acids is 2. The maximum Gasteiger partial charge on any atom is 0.358 e. The van der Waals surface area contributed by atoms with Crippen LogP contribution >= 0.6 is 22.7 Å². The van der Waals surface area contributed by atoms with Crippen molar-refractivity contribution in [3.05, 3.63) is 120 Å². The van der Waals surface area contributed by atoms with Crippen molar-refractivity contribution in [1.82, 2.24) is 39.5 Å². The van der Waals surface area contributed by atoms with Crippen molar-refractivity contribution in [3.8, 4) is 45.1 Å². The third-order valence-corrected chi connectivity index (χ3v) is 18.0. The topological polar surface area (TPSA) is 231 Å². The number of anilines is 4. The van der Waals surface area contributed by atoms with Gasteiger partial charge >= 0.3 is 24.0 Å². The summed E-state index contributed by atoms with van der Waals surface area (Å²) in [5.41, 5.74) is 8.05. The van der Waals surface area contributed by atoms with Crippen LogP contribution in [0.1, 0.15) is 51.4 Å². The first-order valence-corrected chi connectivity index (χ1v) is 30.9. The summed E-state index contributed by atoms with van der Waals surface area (Å²) < 4.78 is 19.3. The van der Waals surface area contributed by atoms with Crippen LogP contribution < -0.4 is 29.9 Å². The number of carboxylic acid groups (broad SMARTS) is 2. The van der Waals surface area contributed by atoms with Gasteiger partial charge in [0, 0.05) is 101 Å². The molecule has 4 aromatic carbocycles. The molecule has 4 aliphatic rings. The lowest BCUT2D eigenvalue weighted by Gasteiger charge is -2.35. The number of urea groups is 2. The average Bonchev–Trinajstić information content (AvgIpc) is 2.10. The summed E-state index contributed by atoms with van der Waals surface area (Å²) >= 11 is 2.74. The molecule has 4 aliphatic heterocycles. The average molecular weight is 1200 g/mol. The minimum atomic E-state index is -1.22. The number of morpholine rings is 1. The minimum absolute atomic E-state index is 0.178. The lowest BCUT2D eigenvalue weighted by Crippen LogP contribution is -2.48. The highest BCUT2D eigenvalue weighted by molar-refractivity contribution is 7.22. The molecule has 8 heterocycles. The Morgan fingerprint density at radius 3 is 1.86 bits per heavy atom. The number of nitrogens with one attached hydrogen (secondary N) is 2. The maximum atomic E-state index is 14.4. The van der Waals surface area contributed by atoms with E-state index in [-0.39, 0.29) is 34.9 Å². The molecule has 4 amide bonds. The van der Waals surface area contributed by atoms with Gasteiger partial charge in [-0.3, -0.25) is 35.1 Å². The van der Waals surface area contributed by atoms with E-state index >= 15 is 0 Å². The van der Waals surface area contributed by atoms with E-state index in [0.717, 1.165) is 115 Å². The second-order valence-corrected chi connectivity index (χ2v) is 24.2. The van der Waals surface area contributed by atoms with Crippen molar-refractivity contribution in [2.75, 3.05) is 139 Å². The number of nitrogens with zero attached hydrogens (tertiary/aromatic N) is 10. The van der Waals surface area contributed by atoms with Crippen molar-refractivity contribution in [1.29, 1.82) is 0 Å². The lowest BCUT2D eigenvalue weighted by molar-refractivity contribution is 0.0357. The predicted octanol–water partition coefficient (Wildman–Crippen LogP) is 9.72. The van der Waals surface area contributed by atoms with Gasteiger partial charge in [-0.15, -0.1) is 0 Å². The number of para-hydroxylation sites is 1. The minimum Gasteiger partial charge on any atom is -0.491 e. The van der Waals surface area contributed by atoms with Crippen LogP contribution in [-0.2, 0) is 17.6 Å². The first-order valence-electron chi connectivity index (χ1n) is 29.3. The molecule has 0 atom stereocenters. The highest BCUT2D eigenvalue weighted by Gasteiger charge is 2.30. The number of carbonyl (C=O) groups is 4. The summed E-state index contributed by atoms with van der Waals surface area (Å²) in [7, 11) is 4.16. The zero-order valence-electron chi connectivity index (χ0n) is 48.1. The summed E-state index contributed by atoms with van der Waals surface area (Å²) in [5, 5.41) is 27.7. The summed E-state index contributed by atoms with van der Waals surface area (Å²) in [6.45, 7) is 11.9. The number of pyridine rings is 2. The maximum absolute atomic E-state index is 14.4. The summed E-state index contributed by atoms with van der Waals surface area (Å²) in [4.78, 5) is 85.7. The normalized spacial score (nSPS) is 15.8. The van der Waals surface area contributed by atoms with Gasteiger partial charge in [-0.05, 0) is 135 Å². The molecule has 4 N–H and O–H groups in total. The standard InChI is InChI=1S/C63H68N12O9S2/c1-70(2)23-24-72-25-27-73(28-26-72)31-35-84-53-18-16-47(65-57(53)59(78)79)43-36-45(44-9-6-22-75(51(44)39-43)63(81)68-60-66-48-10-3-4-11-54(48)85-60)41-14-19-55-49(37-41)67-61(86-55)69-62(80)74-21-5-8-40-12-13-42(38-50(40)74)46-15-17-52(56(64-46)58(76)77)83-32-7-20-71-29-33-82-34-30-71/h3-4,10-19,36-39H,5-9,20-35H2,1-2H3,(H,76,77)(H,78,79)(H,66,68,81)(H,67,69,80). The molecule has 2 saturated heterocycles. The Morgan fingerprint density at radius 1 is 0.581 bits per heavy atom. The van der Waals surface area contributed by atoms with Crippen LogP contribution in [0.4, 0.5) is 31.2 Å². The van der Waals surface area contributed by atoms with Gasteiger partial charge in [-0.25, -0.2) is 39.1 Å². The van der Waals surface area contributed by atoms with Crippen molar-refractivity contribution in [2.45, 2.75) is 32.1 Å². The summed E-state index contributed by atoms with van der Waals surface area (Å²) in [6.07, 6.45) is 3.57. The monoisotopic (exact) mass is 1200 g/mol. The third-order valence-electron chi connectivity index (χ3n) is 16.1.